The molecule has 1 aliphatic heterocycles. The number of benzene rings is 3. The molecule has 1 fully saturated rings. The van der Waals surface area contributed by atoms with Crippen LogP contribution in [0.25, 0.3) is 5.76 Å². The Morgan fingerprint density at radius 3 is 2.22 bits per heavy atom. The zero-order valence-corrected chi connectivity index (χ0v) is 21.4. The van der Waals surface area contributed by atoms with Crippen LogP contribution in [0.2, 0.25) is 0 Å². The van der Waals surface area contributed by atoms with E-state index in [0.29, 0.717) is 39.4 Å². The van der Waals surface area contributed by atoms with E-state index < -0.39 is 17.7 Å². The summed E-state index contributed by atoms with van der Waals surface area (Å²) in [6.07, 6.45) is -0.0172. The fourth-order valence-electron chi connectivity index (χ4n) is 4.52. The largest absolute Gasteiger partial charge is 0.507 e. The average molecular weight is 497 g/mol. The maximum atomic E-state index is 13.4. The topological polar surface area (TPSA) is 99.9 Å². The van der Waals surface area contributed by atoms with Gasteiger partial charge in [0.1, 0.15) is 17.3 Å². The minimum atomic E-state index is -0.886. The van der Waals surface area contributed by atoms with Crippen molar-refractivity contribution in [2.24, 2.45) is 0 Å². The van der Waals surface area contributed by atoms with Crippen molar-refractivity contribution in [1.82, 2.24) is 0 Å². The number of carbonyl (C=O) groups is 2. The van der Waals surface area contributed by atoms with E-state index in [0.717, 1.165) is 5.56 Å². The lowest BCUT2D eigenvalue weighted by atomic mass is 9.93. The Balaban J connectivity index is 1.92. The molecule has 3 aromatic carbocycles. The number of carbonyl (C=O) groups excluding carboxylic acids is 2. The Morgan fingerprint density at radius 2 is 1.65 bits per heavy atom. The Labute approximate surface area is 216 Å². The van der Waals surface area contributed by atoms with Gasteiger partial charge >= 0.3 is 0 Å². The SMILES string of the molecule is COc1cc(C)c(/C(O)=C2\C(=O)C(=O)N(c3ccc(C#N)cc3)C2c2ccc(OC(C)C)cc2)cc1C. The lowest BCUT2D eigenvalue weighted by Gasteiger charge is -2.26. The summed E-state index contributed by atoms with van der Waals surface area (Å²) in [5.41, 5.74) is 3.41. The molecule has 1 heterocycles. The van der Waals surface area contributed by atoms with Crippen molar-refractivity contribution in [2.45, 2.75) is 39.8 Å². The number of nitriles is 1. The quantitative estimate of drug-likeness (QED) is 0.271. The minimum Gasteiger partial charge on any atom is -0.507 e. The first-order valence-electron chi connectivity index (χ1n) is 11.9. The first-order chi connectivity index (χ1) is 17.7. The van der Waals surface area contributed by atoms with Crippen LogP contribution in [-0.2, 0) is 9.59 Å². The van der Waals surface area contributed by atoms with E-state index in [1.165, 1.54) is 4.90 Å². The average Bonchev–Trinajstić information content (AvgIpc) is 3.15. The van der Waals surface area contributed by atoms with Crippen LogP contribution < -0.4 is 14.4 Å². The third kappa shape index (κ3) is 4.78. The van der Waals surface area contributed by atoms with Gasteiger partial charge in [-0.05, 0) is 92.9 Å². The summed E-state index contributed by atoms with van der Waals surface area (Å²) < 4.78 is 11.1. The number of Topliss-reactive ketones (excluding diaryl/α,β-unsaturated/α-hetero) is 1. The van der Waals surface area contributed by atoms with Crippen LogP contribution in [0.1, 0.15) is 47.7 Å². The van der Waals surface area contributed by atoms with Gasteiger partial charge in [-0.15, -0.1) is 0 Å². The zero-order valence-electron chi connectivity index (χ0n) is 21.4. The highest BCUT2D eigenvalue weighted by molar-refractivity contribution is 6.51. The summed E-state index contributed by atoms with van der Waals surface area (Å²) in [6.45, 7) is 7.50. The van der Waals surface area contributed by atoms with Gasteiger partial charge in [-0.3, -0.25) is 14.5 Å². The molecule has 0 spiro atoms. The number of aliphatic hydroxyl groups is 1. The molecule has 7 nitrogen and oxygen atoms in total. The molecule has 4 rings (SSSR count). The van der Waals surface area contributed by atoms with Gasteiger partial charge in [0.25, 0.3) is 11.7 Å². The van der Waals surface area contributed by atoms with Crippen molar-refractivity contribution in [3.05, 3.63) is 94.1 Å². The highest BCUT2D eigenvalue weighted by Crippen LogP contribution is 2.43. The molecular formula is C30H28N2O5. The van der Waals surface area contributed by atoms with Gasteiger partial charge in [-0.2, -0.15) is 5.26 Å². The van der Waals surface area contributed by atoms with Gasteiger partial charge in [0.05, 0.1) is 36.5 Å². The number of ether oxygens (including phenoxy) is 2. The van der Waals surface area contributed by atoms with Crippen molar-refractivity contribution >= 4 is 23.1 Å². The molecule has 0 aliphatic carbocycles. The smallest absolute Gasteiger partial charge is 0.300 e. The van der Waals surface area contributed by atoms with Gasteiger partial charge in [0.15, 0.2) is 0 Å². The standard InChI is InChI=1S/C30H28N2O5/c1-17(2)37-23-12-8-21(9-13-23)27-26(28(33)24-14-19(4)25(36-5)15-18(24)3)29(34)30(35)32(27)22-10-6-20(16-31)7-11-22/h6-15,17,27,33H,1-5H3/b28-26+. The van der Waals surface area contributed by atoms with E-state index in [1.54, 1.807) is 74.7 Å². The van der Waals surface area contributed by atoms with E-state index in [2.05, 4.69) is 6.07 Å². The number of aryl methyl sites for hydroxylation is 2. The second kappa shape index (κ2) is 10.2. The number of hydrogen-bond donors (Lipinski definition) is 1. The number of rotatable bonds is 6. The van der Waals surface area contributed by atoms with Crippen LogP contribution in [-0.4, -0.2) is 30.0 Å². The monoisotopic (exact) mass is 496 g/mol. The number of amides is 1. The van der Waals surface area contributed by atoms with Crippen molar-refractivity contribution < 1.29 is 24.2 Å². The molecular weight excluding hydrogens is 468 g/mol. The summed E-state index contributed by atoms with van der Waals surface area (Å²) in [5, 5.41) is 20.7. The maximum Gasteiger partial charge on any atom is 0.300 e. The fourth-order valence-corrected chi connectivity index (χ4v) is 4.52. The van der Waals surface area contributed by atoms with E-state index in [9.17, 15) is 20.0 Å². The molecule has 37 heavy (non-hydrogen) atoms. The summed E-state index contributed by atoms with van der Waals surface area (Å²) >= 11 is 0. The minimum absolute atomic E-state index is 0.0143. The van der Waals surface area contributed by atoms with Gasteiger partial charge < -0.3 is 14.6 Å². The number of nitrogens with zero attached hydrogens (tertiary/aromatic N) is 2. The third-order valence-corrected chi connectivity index (χ3v) is 6.28. The van der Waals surface area contributed by atoms with Crippen LogP contribution in [0.15, 0.2) is 66.2 Å². The van der Waals surface area contributed by atoms with Crippen LogP contribution in [0, 0.1) is 25.2 Å². The molecule has 0 saturated carbocycles. The molecule has 1 amide bonds. The van der Waals surface area contributed by atoms with Crippen molar-refractivity contribution in [2.75, 3.05) is 12.0 Å². The molecule has 0 radical (unpaired) electrons. The Bertz CT molecular complexity index is 1430. The molecule has 1 unspecified atom stereocenters. The van der Waals surface area contributed by atoms with Gasteiger partial charge in [-0.1, -0.05) is 12.1 Å². The van der Waals surface area contributed by atoms with Crippen molar-refractivity contribution in [1.29, 1.82) is 5.26 Å². The molecule has 188 valence electrons. The van der Waals surface area contributed by atoms with E-state index >= 15 is 0 Å². The highest BCUT2D eigenvalue weighted by Gasteiger charge is 2.47. The van der Waals surface area contributed by atoms with E-state index in [4.69, 9.17) is 9.47 Å². The molecule has 0 aromatic heterocycles. The predicted molar refractivity (Wildman–Crippen MR) is 141 cm³/mol. The number of hydrogen-bond acceptors (Lipinski definition) is 6. The van der Waals surface area contributed by atoms with Crippen LogP contribution >= 0.6 is 0 Å². The van der Waals surface area contributed by atoms with E-state index in [-0.39, 0.29) is 17.4 Å². The maximum absolute atomic E-state index is 13.4. The Morgan fingerprint density at radius 1 is 1.00 bits per heavy atom. The van der Waals surface area contributed by atoms with Crippen LogP contribution in [0.5, 0.6) is 11.5 Å². The van der Waals surface area contributed by atoms with Crippen LogP contribution in [0.4, 0.5) is 5.69 Å². The zero-order chi connectivity index (χ0) is 26.9. The summed E-state index contributed by atoms with van der Waals surface area (Å²) in [7, 11) is 1.57. The molecule has 1 saturated heterocycles. The van der Waals surface area contributed by atoms with Gasteiger partial charge in [0.2, 0.25) is 0 Å². The summed E-state index contributed by atoms with van der Waals surface area (Å²) in [4.78, 5) is 28.2. The lowest BCUT2D eigenvalue weighted by molar-refractivity contribution is -0.132. The predicted octanol–water partition coefficient (Wildman–Crippen LogP) is 5.60. The number of ketones is 1. The molecule has 0 bridgehead atoms. The summed E-state index contributed by atoms with van der Waals surface area (Å²) in [6, 6.07) is 18.2. The number of anilines is 1. The number of methoxy groups -OCH3 is 1. The molecule has 7 heteroatoms. The normalized spacial score (nSPS) is 16.7. The van der Waals surface area contributed by atoms with Crippen molar-refractivity contribution in [3.63, 3.8) is 0 Å². The number of aliphatic hydroxyl groups excluding tert-OH is 1. The molecule has 1 atom stereocenters. The Kier molecular flexibility index (Phi) is 7.03. The molecule has 1 aliphatic rings. The fraction of sp³-hybridized carbons (Fsp3) is 0.233. The van der Waals surface area contributed by atoms with Gasteiger partial charge in [0, 0.05) is 11.3 Å². The van der Waals surface area contributed by atoms with E-state index in [1.807, 2.05) is 20.8 Å². The first-order valence-corrected chi connectivity index (χ1v) is 11.9. The van der Waals surface area contributed by atoms with Crippen molar-refractivity contribution in [3.8, 4) is 17.6 Å². The molecule has 1 N–H and O–H groups in total. The van der Waals surface area contributed by atoms with Crippen LogP contribution in [0.3, 0.4) is 0 Å². The second-order valence-electron chi connectivity index (χ2n) is 9.20. The highest BCUT2D eigenvalue weighted by atomic mass is 16.5. The third-order valence-electron chi connectivity index (χ3n) is 6.28. The lowest BCUT2D eigenvalue weighted by Crippen LogP contribution is -2.29. The second-order valence-corrected chi connectivity index (χ2v) is 9.20. The van der Waals surface area contributed by atoms with Gasteiger partial charge in [-0.25, -0.2) is 0 Å². The Hall–Kier alpha value is -4.57. The summed E-state index contributed by atoms with van der Waals surface area (Å²) in [5.74, 6) is -0.505. The first kappa shape index (κ1) is 25.5. The molecule has 3 aromatic rings.